The predicted octanol–water partition coefficient (Wildman–Crippen LogP) is 0.932. The molecule has 0 bridgehead atoms. The van der Waals surface area contributed by atoms with Crippen molar-refractivity contribution < 1.29 is 19.1 Å². The number of H-pyrrole nitrogens is 1. The summed E-state index contributed by atoms with van der Waals surface area (Å²) in [6, 6.07) is 4.23. The summed E-state index contributed by atoms with van der Waals surface area (Å²) in [4.78, 5) is 27.1. The third kappa shape index (κ3) is 2.95. The first-order valence-corrected chi connectivity index (χ1v) is 7.29. The maximum absolute atomic E-state index is 13.6. The Morgan fingerprint density at radius 2 is 2.26 bits per heavy atom. The Hall–Kier alpha value is -2.67. The van der Waals surface area contributed by atoms with Gasteiger partial charge in [-0.3, -0.25) is 9.59 Å². The van der Waals surface area contributed by atoms with Gasteiger partial charge in [0.15, 0.2) is 0 Å². The Kier molecular flexibility index (Phi) is 4.12. The van der Waals surface area contributed by atoms with Gasteiger partial charge in [-0.15, -0.1) is 0 Å². The zero-order valence-electron chi connectivity index (χ0n) is 12.3. The van der Waals surface area contributed by atoms with E-state index >= 15 is 0 Å². The highest BCUT2D eigenvalue weighted by atomic mass is 19.1. The molecule has 1 aromatic heterocycles. The first-order valence-electron chi connectivity index (χ1n) is 7.29. The molecule has 4 N–H and O–H groups in total. The lowest BCUT2D eigenvalue weighted by Crippen LogP contribution is -2.24. The lowest BCUT2D eigenvalue weighted by Gasteiger charge is -2.05. The molecule has 0 fully saturated rings. The Balaban J connectivity index is 2.13. The summed E-state index contributed by atoms with van der Waals surface area (Å²) in [6.07, 6.45) is 1.85. The van der Waals surface area contributed by atoms with E-state index in [-0.39, 0.29) is 25.0 Å². The van der Waals surface area contributed by atoms with E-state index in [1.54, 1.807) is 6.07 Å². The van der Waals surface area contributed by atoms with E-state index in [0.29, 0.717) is 40.7 Å². The second kappa shape index (κ2) is 6.21. The maximum Gasteiger partial charge on any atom is 0.268 e. The Morgan fingerprint density at radius 1 is 1.43 bits per heavy atom. The number of aliphatic hydroxyl groups excluding tert-OH is 1. The van der Waals surface area contributed by atoms with Crippen LogP contribution in [0.5, 0.6) is 0 Å². The second-order valence-electron chi connectivity index (χ2n) is 5.26. The number of benzene rings is 1. The van der Waals surface area contributed by atoms with Gasteiger partial charge in [-0.05, 0) is 30.2 Å². The van der Waals surface area contributed by atoms with E-state index in [1.807, 2.05) is 0 Å². The lowest BCUT2D eigenvalue weighted by atomic mass is 9.99. The van der Waals surface area contributed by atoms with Gasteiger partial charge in [-0.1, -0.05) is 0 Å². The van der Waals surface area contributed by atoms with E-state index in [4.69, 9.17) is 5.11 Å². The number of aromatic nitrogens is 1. The molecule has 7 heteroatoms. The molecule has 0 saturated carbocycles. The number of nitrogens with one attached hydrogen (secondary N) is 3. The first-order chi connectivity index (χ1) is 11.1. The van der Waals surface area contributed by atoms with Crippen LogP contribution >= 0.6 is 0 Å². The van der Waals surface area contributed by atoms with Crippen LogP contribution in [0.3, 0.4) is 0 Å². The summed E-state index contributed by atoms with van der Waals surface area (Å²) in [6.45, 7) is 0.380. The van der Waals surface area contributed by atoms with Gasteiger partial charge in [0.05, 0.1) is 6.61 Å². The molecule has 0 aliphatic carbocycles. The fourth-order valence-corrected chi connectivity index (χ4v) is 2.72. The lowest BCUT2D eigenvalue weighted by molar-refractivity contribution is -0.116. The number of rotatable bonds is 3. The third-order valence-corrected chi connectivity index (χ3v) is 3.71. The highest BCUT2D eigenvalue weighted by Gasteiger charge is 2.24. The summed E-state index contributed by atoms with van der Waals surface area (Å²) in [5.74, 6) is -1.05. The van der Waals surface area contributed by atoms with Crippen molar-refractivity contribution in [3.8, 4) is 0 Å². The Bertz CT molecular complexity index is 810. The molecule has 23 heavy (non-hydrogen) atoms. The molecule has 0 radical (unpaired) electrons. The fourth-order valence-electron chi connectivity index (χ4n) is 2.72. The molecule has 2 amide bonds. The van der Waals surface area contributed by atoms with Crippen LogP contribution in [0.2, 0.25) is 0 Å². The molecule has 2 aromatic rings. The van der Waals surface area contributed by atoms with Gasteiger partial charge < -0.3 is 20.7 Å². The second-order valence-corrected chi connectivity index (χ2v) is 5.26. The monoisotopic (exact) mass is 317 g/mol. The summed E-state index contributed by atoms with van der Waals surface area (Å²) in [5, 5.41) is 14.6. The number of carbonyl (C=O) groups is 2. The minimum atomic E-state index is -0.409. The zero-order chi connectivity index (χ0) is 16.4. The van der Waals surface area contributed by atoms with Crippen LogP contribution < -0.4 is 10.6 Å². The molecule has 6 nitrogen and oxygen atoms in total. The van der Waals surface area contributed by atoms with Crippen molar-refractivity contribution in [3.05, 3.63) is 41.3 Å². The number of aliphatic hydroxyl groups is 1. The standard InChI is InChI=1S/C16H16FN3O3/c17-10-1-2-12-11(8-10)14-9(7-13(22)18-5-6-21)3-4-19-16(23)15(14)20-12/h1-2,7-8,20-21H,3-6H2,(H,18,22)(H,19,23)/b9-7-. The van der Waals surface area contributed by atoms with Crippen LogP contribution in [0.25, 0.3) is 16.5 Å². The largest absolute Gasteiger partial charge is 0.395 e. The topological polar surface area (TPSA) is 94.2 Å². The van der Waals surface area contributed by atoms with Crippen molar-refractivity contribution in [2.24, 2.45) is 0 Å². The molecular formula is C16H16FN3O3. The molecule has 1 aliphatic rings. The molecule has 2 heterocycles. The molecule has 0 unspecified atom stereocenters. The van der Waals surface area contributed by atoms with Gasteiger partial charge in [0.2, 0.25) is 5.91 Å². The van der Waals surface area contributed by atoms with Crippen molar-refractivity contribution in [2.75, 3.05) is 19.7 Å². The fraction of sp³-hybridized carbons (Fsp3) is 0.250. The SMILES string of the molecule is O=C(/C=C1/CCNC(=O)c2[nH]c3ccc(F)cc3c21)NCCO. The highest BCUT2D eigenvalue weighted by Crippen LogP contribution is 2.32. The molecular weight excluding hydrogens is 301 g/mol. The van der Waals surface area contributed by atoms with Crippen molar-refractivity contribution in [1.29, 1.82) is 0 Å². The van der Waals surface area contributed by atoms with E-state index in [1.165, 1.54) is 18.2 Å². The zero-order valence-corrected chi connectivity index (χ0v) is 12.3. The third-order valence-electron chi connectivity index (χ3n) is 3.71. The molecule has 120 valence electrons. The quantitative estimate of drug-likeness (QED) is 0.634. The normalized spacial score (nSPS) is 16.1. The van der Waals surface area contributed by atoms with Gasteiger partial charge in [-0.2, -0.15) is 0 Å². The number of fused-ring (bicyclic) bond motifs is 3. The Labute approximate surface area is 131 Å². The van der Waals surface area contributed by atoms with Crippen molar-refractivity contribution in [2.45, 2.75) is 6.42 Å². The number of amides is 2. The van der Waals surface area contributed by atoms with Crippen LogP contribution in [-0.4, -0.2) is 41.6 Å². The van der Waals surface area contributed by atoms with E-state index in [9.17, 15) is 14.0 Å². The predicted molar refractivity (Wildman–Crippen MR) is 83.3 cm³/mol. The summed E-state index contributed by atoms with van der Waals surface area (Å²) < 4.78 is 13.6. The van der Waals surface area contributed by atoms with Gasteiger partial charge >= 0.3 is 0 Å². The average molecular weight is 317 g/mol. The summed E-state index contributed by atoms with van der Waals surface area (Å²) in [5.41, 5.74) is 2.15. The highest BCUT2D eigenvalue weighted by molar-refractivity contribution is 6.10. The Morgan fingerprint density at radius 3 is 3.04 bits per heavy atom. The summed E-state index contributed by atoms with van der Waals surface area (Å²) in [7, 11) is 0. The van der Waals surface area contributed by atoms with Crippen LogP contribution in [0.4, 0.5) is 4.39 Å². The van der Waals surface area contributed by atoms with Crippen LogP contribution in [0.15, 0.2) is 24.3 Å². The number of hydrogen-bond donors (Lipinski definition) is 4. The van der Waals surface area contributed by atoms with Crippen molar-refractivity contribution >= 4 is 28.3 Å². The first kappa shape index (κ1) is 15.2. The number of aromatic amines is 1. The molecule has 0 atom stereocenters. The maximum atomic E-state index is 13.6. The molecule has 0 saturated heterocycles. The number of carbonyl (C=O) groups excluding carboxylic acids is 2. The van der Waals surface area contributed by atoms with Crippen LogP contribution in [0, 0.1) is 5.82 Å². The number of hydrogen-bond acceptors (Lipinski definition) is 3. The van der Waals surface area contributed by atoms with Gasteiger partial charge in [-0.25, -0.2) is 4.39 Å². The van der Waals surface area contributed by atoms with Crippen molar-refractivity contribution in [3.63, 3.8) is 0 Å². The molecule has 0 spiro atoms. The van der Waals surface area contributed by atoms with Gasteiger partial charge in [0.25, 0.3) is 5.91 Å². The smallest absolute Gasteiger partial charge is 0.268 e. The van der Waals surface area contributed by atoms with E-state index in [0.717, 1.165) is 0 Å². The molecule has 3 rings (SSSR count). The number of halogens is 1. The minimum absolute atomic E-state index is 0.148. The van der Waals surface area contributed by atoms with Crippen LogP contribution in [0.1, 0.15) is 22.5 Å². The van der Waals surface area contributed by atoms with E-state index in [2.05, 4.69) is 15.6 Å². The summed E-state index contributed by atoms with van der Waals surface area (Å²) >= 11 is 0. The molecule has 1 aliphatic heterocycles. The van der Waals surface area contributed by atoms with Gasteiger partial charge in [0.1, 0.15) is 11.5 Å². The minimum Gasteiger partial charge on any atom is -0.395 e. The average Bonchev–Trinajstić information content (AvgIpc) is 2.83. The van der Waals surface area contributed by atoms with E-state index < -0.39 is 5.82 Å². The van der Waals surface area contributed by atoms with Crippen LogP contribution in [-0.2, 0) is 4.79 Å². The van der Waals surface area contributed by atoms with Crippen molar-refractivity contribution in [1.82, 2.24) is 15.6 Å². The van der Waals surface area contributed by atoms with Gasteiger partial charge in [0, 0.05) is 35.6 Å². The molecule has 1 aromatic carbocycles.